The highest BCUT2D eigenvalue weighted by Gasteiger charge is 2.32. The van der Waals surface area contributed by atoms with E-state index in [2.05, 4.69) is 15.9 Å². The molecule has 2 unspecified atom stereocenters. The molecule has 96 valence electrons. The van der Waals surface area contributed by atoms with Crippen molar-refractivity contribution in [1.29, 1.82) is 0 Å². The molecule has 0 radical (unpaired) electrons. The van der Waals surface area contributed by atoms with Crippen LogP contribution in [0.15, 0.2) is 18.2 Å². The smallest absolute Gasteiger partial charge is 0.398 e. The summed E-state index contributed by atoms with van der Waals surface area (Å²) in [5, 5.41) is 19.0. The highest BCUT2D eigenvalue weighted by atomic mass is 79.9. The normalized spacial score (nSPS) is 15.6. The first kappa shape index (κ1) is 14.3. The molecule has 0 saturated carbocycles. The van der Waals surface area contributed by atoms with Crippen molar-refractivity contribution in [2.24, 2.45) is 0 Å². The minimum absolute atomic E-state index is 0.00509. The summed E-state index contributed by atoms with van der Waals surface area (Å²) in [7, 11) is 0. The molecule has 2 atom stereocenters. The van der Waals surface area contributed by atoms with Crippen molar-refractivity contribution in [3.8, 4) is 0 Å². The fourth-order valence-corrected chi connectivity index (χ4v) is 1.65. The first-order valence-corrected chi connectivity index (χ1v) is 5.78. The predicted octanol–water partition coefficient (Wildman–Crippen LogP) is 2.08. The molecule has 0 aromatic heterocycles. The Bertz CT molecular complexity index is 398. The maximum absolute atomic E-state index is 12.5. The SMILES string of the molecule is Nc1ccc(C(F)(F)F)cc1C(O)C(O)CBr. The van der Waals surface area contributed by atoms with Crippen molar-refractivity contribution in [3.63, 3.8) is 0 Å². The zero-order valence-electron chi connectivity index (χ0n) is 8.58. The molecular formula is C10H11BrF3NO2. The Hall–Kier alpha value is -0.790. The average molecular weight is 314 g/mol. The van der Waals surface area contributed by atoms with Gasteiger partial charge in [0.25, 0.3) is 0 Å². The molecule has 1 aromatic rings. The number of halogens is 4. The molecule has 0 bridgehead atoms. The van der Waals surface area contributed by atoms with Gasteiger partial charge in [0, 0.05) is 16.6 Å². The van der Waals surface area contributed by atoms with Crippen LogP contribution in [0.5, 0.6) is 0 Å². The first-order chi connectivity index (χ1) is 7.77. The second kappa shape index (κ2) is 5.24. The average Bonchev–Trinajstić information content (AvgIpc) is 2.26. The second-order valence-electron chi connectivity index (χ2n) is 3.51. The Morgan fingerprint density at radius 2 is 1.88 bits per heavy atom. The number of hydrogen-bond acceptors (Lipinski definition) is 3. The predicted molar refractivity (Wildman–Crippen MR) is 60.6 cm³/mol. The van der Waals surface area contributed by atoms with Gasteiger partial charge in [-0.05, 0) is 18.2 Å². The van der Waals surface area contributed by atoms with Gasteiger partial charge in [-0.1, -0.05) is 15.9 Å². The van der Waals surface area contributed by atoms with Gasteiger partial charge in [-0.3, -0.25) is 0 Å². The number of nitrogens with two attached hydrogens (primary N) is 1. The molecule has 0 saturated heterocycles. The quantitative estimate of drug-likeness (QED) is 0.591. The number of hydrogen-bond donors (Lipinski definition) is 3. The molecule has 0 heterocycles. The fraction of sp³-hybridized carbons (Fsp3) is 0.400. The topological polar surface area (TPSA) is 66.5 Å². The van der Waals surface area contributed by atoms with Gasteiger partial charge < -0.3 is 15.9 Å². The summed E-state index contributed by atoms with van der Waals surface area (Å²) >= 11 is 2.92. The number of alkyl halides is 4. The van der Waals surface area contributed by atoms with Crippen LogP contribution in [0.2, 0.25) is 0 Å². The minimum Gasteiger partial charge on any atom is -0.398 e. The van der Waals surface area contributed by atoms with Crippen LogP contribution in [-0.4, -0.2) is 21.6 Å². The summed E-state index contributed by atoms with van der Waals surface area (Å²) in [5.74, 6) is 0. The summed E-state index contributed by atoms with van der Waals surface area (Å²) < 4.78 is 37.4. The van der Waals surface area contributed by atoms with E-state index in [1.807, 2.05) is 0 Å². The van der Waals surface area contributed by atoms with Crippen LogP contribution in [-0.2, 0) is 6.18 Å². The monoisotopic (exact) mass is 313 g/mol. The number of rotatable bonds is 3. The van der Waals surface area contributed by atoms with Gasteiger partial charge >= 0.3 is 6.18 Å². The number of aliphatic hydroxyl groups excluding tert-OH is 2. The molecule has 0 aliphatic rings. The van der Waals surface area contributed by atoms with Crippen LogP contribution < -0.4 is 5.73 Å². The largest absolute Gasteiger partial charge is 0.416 e. The number of anilines is 1. The van der Waals surface area contributed by atoms with E-state index in [4.69, 9.17) is 5.73 Å². The second-order valence-corrected chi connectivity index (χ2v) is 4.16. The molecule has 4 N–H and O–H groups in total. The standard InChI is InChI=1S/C10H11BrF3NO2/c11-4-8(16)9(17)6-3-5(10(12,13)14)1-2-7(6)15/h1-3,8-9,16-17H,4,15H2. The molecule has 1 aromatic carbocycles. The highest BCUT2D eigenvalue weighted by molar-refractivity contribution is 9.09. The first-order valence-electron chi connectivity index (χ1n) is 4.66. The molecule has 1 rings (SSSR count). The Kier molecular flexibility index (Phi) is 4.40. The van der Waals surface area contributed by atoms with Gasteiger partial charge in [0.05, 0.1) is 11.7 Å². The lowest BCUT2D eigenvalue weighted by atomic mass is 10.0. The van der Waals surface area contributed by atoms with Crippen molar-refractivity contribution in [1.82, 2.24) is 0 Å². The van der Waals surface area contributed by atoms with E-state index in [9.17, 15) is 23.4 Å². The van der Waals surface area contributed by atoms with E-state index in [1.54, 1.807) is 0 Å². The van der Waals surface area contributed by atoms with Crippen molar-refractivity contribution in [2.75, 3.05) is 11.1 Å². The Balaban J connectivity index is 3.15. The van der Waals surface area contributed by atoms with Crippen LogP contribution in [0.4, 0.5) is 18.9 Å². The van der Waals surface area contributed by atoms with E-state index in [0.29, 0.717) is 0 Å². The Labute approximate surface area is 104 Å². The van der Waals surface area contributed by atoms with E-state index in [1.165, 1.54) is 0 Å². The number of aliphatic hydroxyl groups is 2. The summed E-state index contributed by atoms with van der Waals surface area (Å²) in [5.41, 5.74) is 4.43. The van der Waals surface area contributed by atoms with Gasteiger partial charge in [0.1, 0.15) is 6.10 Å². The summed E-state index contributed by atoms with van der Waals surface area (Å²) in [6.45, 7) is 0. The zero-order valence-corrected chi connectivity index (χ0v) is 10.2. The Morgan fingerprint density at radius 3 is 2.35 bits per heavy atom. The van der Waals surface area contributed by atoms with Crippen LogP contribution in [0.3, 0.4) is 0 Å². The lowest BCUT2D eigenvalue weighted by Gasteiger charge is -2.19. The van der Waals surface area contributed by atoms with Crippen LogP contribution in [0.25, 0.3) is 0 Å². The summed E-state index contributed by atoms with van der Waals surface area (Å²) in [4.78, 5) is 0. The third-order valence-electron chi connectivity index (χ3n) is 2.26. The Morgan fingerprint density at radius 1 is 1.29 bits per heavy atom. The lowest BCUT2D eigenvalue weighted by molar-refractivity contribution is -0.137. The molecule has 0 fully saturated rings. The van der Waals surface area contributed by atoms with Gasteiger partial charge in [0.15, 0.2) is 0 Å². The van der Waals surface area contributed by atoms with Gasteiger partial charge in [-0.2, -0.15) is 13.2 Å². The van der Waals surface area contributed by atoms with Crippen LogP contribution in [0, 0.1) is 0 Å². The highest BCUT2D eigenvalue weighted by Crippen LogP contribution is 2.33. The summed E-state index contributed by atoms with van der Waals surface area (Å²) in [6, 6.07) is 2.63. The van der Waals surface area contributed by atoms with E-state index >= 15 is 0 Å². The van der Waals surface area contributed by atoms with Crippen molar-refractivity contribution in [3.05, 3.63) is 29.3 Å². The van der Waals surface area contributed by atoms with E-state index < -0.39 is 23.9 Å². The van der Waals surface area contributed by atoms with Crippen LogP contribution >= 0.6 is 15.9 Å². The minimum atomic E-state index is -4.51. The van der Waals surface area contributed by atoms with Crippen LogP contribution in [0.1, 0.15) is 17.2 Å². The molecule has 0 aliphatic carbocycles. The molecule has 3 nitrogen and oxygen atoms in total. The molecule has 0 aliphatic heterocycles. The van der Waals surface area contributed by atoms with Gasteiger partial charge in [0.2, 0.25) is 0 Å². The summed E-state index contributed by atoms with van der Waals surface area (Å²) in [6.07, 6.45) is -7.20. The molecule has 0 amide bonds. The maximum Gasteiger partial charge on any atom is 0.416 e. The van der Waals surface area contributed by atoms with Crippen molar-refractivity contribution in [2.45, 2.75) is 18.4 Å². The number of nitrogen functional groups attached to an aromatic ring is 1. The van der Waals surface area contributed by atoms with Gasteiger partial charge in [-0.15, -0.1) is 0 Å². The maximum atomic E-state index is 12.5. The van der Waals surface area contributed by atoms with Crippen molar-refractivity contribution < 1.29 is 23.4 Å². The molecule has 17 heavy (non-hydrogen) atoms. The molecule has 7 heteroatoms. The fourth-order valence-electron chi connectivity index (χ4n) is 1.30. The van der Waals surface area contributed by atoms with E-state index in [-0.39, 0.29) is 16.6 Å². The zero-order chi connectivity index (χ0) is 13.2. The van der Waals surface area contributed by atoms with Gasteiger partial charge in [-0.25, -0.2) is 0 Å². The van der Waals surface area contributed by atoms with E-state index in [0.717, 1.165) is 18.2 Å². The third kappa shape index (κ3) is 3.34. The molecule has 0 spiro atoms. The molecular weight excluding hydrogens is 303 g/mol. The third-order valence-corrected chi connectivity index (χ3v) is 2.92. The lowest BCUT2D eigenvalue weighted by Crippen LogP contribution is -2.21. The number of benzene rings is 1. The van der Waals surface area contributed by atoms with Crippen molar-refractivity contribution >= 4 is 21.6 Å².